The van der Waals surface area contributed by atoms with E-state index in [0.717, 1.165) is 42.2 Å². The number of para-hydroxylation sites is 1. The largest absolute Gasteiger partial charge is 0.464 e. The molecule has 4 rings (SSSR count). The van der Waals surface area contributed by atoms with E-state index >= 15 is 0 Å². The Morgan fingerprint density at radius 2 is 2.00 bits per heavy atom. The Bertz CT molecular complexity index is 762. The molecule has 5 heteroatoms. The van der Waals surface area contributed by atoms with Gasteiger partial charge in [-0.3, -0.25) is 0 Å². The standard InChI is InChI=1S/C16H16N2O3/c19-13-7-3-1-6-11(13)16-17-15(18-21-16)12-9-20-14-8-4-2-5-10(12)14/h2,4-5,8-9,11,13,19H,1,3,6-7H2. The molecule has 1 aliphatic rings. The molecular weight excluding hydrogens is 268 g/mol. The van der Waals surface area contributed by atoms with E-state index in [4.69, 9.17) is 8.94 Å². The topological polar surface area (TPSA) is 72.3 Å². The highest BCUT2D eigenvalue weighted by molar-refractivity contribution is 5.91. The number of aliphatic hydroxyl groups excluding tert-OH is 1. The second-order valence-electron chi connectivity index (χ2n) is 5.56. The van der Waals surface area contributed by atoms with Crippen LogP contribution in [0, 0.1) is 0 Å². The van der Waals surface area contributed by atoms with Crippen molar-refractivity contribution in [3.8, 4) is 11.4 Å². The van der Waals surface area contributed by atoms with Crippen LogP contribution in [0.15, 0.2) is 39.5 Å². The highest BCUT2D eigenvalue weighted by atomic mass is 16.5. The van der Waals surface area contributed by atoms with Gasteiger partial charge in [0.2, 0.25) is 11.7 Å². The fourth-order valence-electron chi connectivity index (χ4n) is 3.05. The van der Waals surface area contributed by atoms with Gasteiger partial charge < -0.3 is 14.0 Å². The third kappa shape index (κ3) is 2.14. The molecule has 3 aromatic rings. The van der Waals surface area contributed by atoms with Gasteiger partial charge in [0.05, 0.1) is 17.6 Å². The van der Waals surface area contributed by atoms with Crippen molar-refractivity contribution in [2.45, 2.75) is 37.7 Å². The number of nitrogens with zero attached hydrogens (tertiary/aromatic N) is 2. The quantitative estimate of drug-likeness (QED) is 0.779. The maximum Gasteiger partial charge on any atom is 0.232 e. The SMILES string of the molecule is OC1CCCCC1c1nc(-c2coc3ccccc23)no1. The first-order chi connectivity index (χ1) is 10.3. The maximum absolute atomic E-state index is 10.1. The summed E-state index contributed by atoms with van der Waals surface area (Å²) in [4.78, 5) is 4.48. The summed E-state index contributed by atoms with van der Waals surface area (Å²) >= 11 is 0. The van der Waals surface area contributed by atoms with E-state index < -0.39 is 0 Å². The summed E-state index contributed by atoms with van der Waals surface area (Å²) in [5, 5.41) is 15.1. The number of hydrogen-bond donors (Lipinski definition) is 1. The van der Waals surface area contributed by atoms with Crippen molar-refractivity contribution in [2.75, 3.05) is 0 Å². The Hall–Kier alpha value is -2.14. The van der Waals surface area contributed by atoms with Crippen LogP contribution in [0.3, 0.4) is 0 Å². The molecule has 21 heavy (non-hydrogen) atoms. The van der Waals surface area contributed by atoms with E-state index in [9.17, 15) is 5.11 Å². The summed E-state index contributed by atoms with van der Waals surface area (Å²) in [7, 11) is 0. The summed E-state index contributed by atoms with van der Waals surface area (Å²) < 4.78 is 10.9. The highest BCUT2D eigenvalue weighted by Gasteiger charge is 2.29. The molecule has 0 radical (unpaired) electrons. The zero-order valence-corrected chi connectivity index (χ0v) is 11.5. The lowest BCUT2D eigenvalue weighted by Gasteiger charge is -2.24. The summed E-state index contributed by atoms with van der Waals surface area (Å²) in [6, 6.07) is 7.76. The lowest BCUT2D eigenvalue weighted by Crippen LogP contribution is -2.22. The van der Waals surface area contributed by atoms with Gasteiger partial charge in [-0.1, -0.05) is 36.2 Å². The molecule has 0 aliphatic heterocycles. The molecule has 108 valence electrons. The van der Waals surface area contributed by atoms with E-state index in [1.165, 1.54) is 0 Å². The van der Waals surface area contributed by atoms with Gasteiger partial charge in [-0.05, 0) is 18.9 Å². The summed E-state index contributed by atoms with van der Waals surface area (Å²) in [5.41, 5.74) is 1.63. The smallest absolute Gasteiger partial charge is 0.232 e. The zero-order chi connectivity index (χ0) is 14.2. The van der Waals surface area contributed by atoms with Crippen molar-refractivity contribution in [1.29, 1.82) is 0 Å². The molecule has 1 aliphatic carbocycles. The van der Waals surface area contributed by atoms with E-state index in [1.807, 2.05) is 24.3 Å². The normalized spacial score (nSPS) is 22.7. The Balaban J connectivity index is 1.71. The van der Waals surface area contributed by atoms with Crippen LogP contribution in [0.5, 0.6) is 0 Å². The molecule has 5 nitrogen and oxygen atoms in total. The number of hydrogen-bond acceptors (Lipinski definition) is 5. The van der Waals surface area contributed by atoms with E-state index in [1.54, 1.807) is 6.26 Å². The molecule has 1 N–H and O–H groups in total. The Kier molecular flexibility index (Phi) is 3.00. The molecule has 2 unspecified atom stereocenters. The number of aliphatic hydroxyl groups is 1. The molecule has 0 bridgehead atoms. The monoisotopic (exact) mass is 284 g/mol. The minimum Gasteiger partial charge on any atom is -0.464 e. The average Bonchev–Trinajstić information content (AvgIpc) is 3.14. The van der Waals surface area contributed by atoms with Crippen LogP contribution in [0.1, 0.15) is 37.5 Å². The number of fused-ring (bicyclic) bond motifs is 1. The second kappa shape index (κ2) is 5.00. The summed E-state index contributed by atoms with van der Waals surface area (Å²) in [6.45, 7) is 0. The molecule has 0 spiro atoms. The van der Waals surface area contributed by atoms with Gasteiger partial charge in [0.15, 0.2) is 0 Å². The van der Waals surface area contributed by atoms with Crippen molar-refractivity contribution < 1.29 is 14.0 Å². The summed E-state index contributed by atoms with van der Waals surface area (Å²) in [6.07, 6.45) is 5.12. The molecule has 2 aromatic heterocycles. The van der Waals surface area contributed by atoms with Gasteiger partial charge in [-0.15, -0.1) is 0 Å². The fourth-order valence-corrected chi connectivity index (χ4v) is 3.05. The van der Waals surface area contributed by atoms with Crippen LogP contribution >= 0.6 is 0 Å². The van der Waals surface area contributed by atoms with Gasteiger partial charge in [0.25, 0.3) is 0 Å². The van der Waals surface area contributed by atoms with Crippen LogP contribution in [0.4, 0.5) is 0 Å². The number of benzene rings is 1. The third-order valence-corrected chi connectivity index (χ3v) is 4.21. The van der Waals surface area contributed by atoms with Crippen LogP contribution in [-0.2, 0) is 0 Å². The Labute approximate surface area is 121 Å². The molecule has 2 atom stereocenters. The fraction of sp³-hybridized carbons (Fsp3) is 0.375. The summed E-state index contributed by atoms with van der Waals surface area (Å²) in [5.74, 6) is 1.01. The van der Waals surface area contributed by atoms with Gasteiger partial charge in [-0.25, -0.2) is 0 Å². The molecule has 0 saturated heterocycles. The second-order valence-corrected chi connectivity index (χ2v) is 5.56. The maximum atomic E-state index is 10.1. The van der Waals surface area contributed by atoms with Gasteiger partial charge in [0.1, 0.15) is 11.8 Å². The third-order valence-electron chi connectivity index (χ3n) is 4.21. The predicted octanol–water partition coefficient (Wildman–Crippen LogP) is 3.50. The van der Waals surface area contributed by atoms with Crippen molar-refractivity contribution in [3.63, 3.8) is 0 Å². The first-order valence-corrected chi connectivity index (χ1v) is 7.31. The van der Waals surface area contributed by atoms with Gasteiger partial charge in [-0.2, -0.15) is 4.98 Å². The Morgan fingerprint density at radius 3 is 2.90 bits per heavy atom. The highest BCUT2D eigenvalue weighted by Crippen LogP contribution is 2.34. The number of furan rings is 1. The predicted molar refractivity (Wildman–Crippen MR) is 76.7 cm³/mol. The van der Waals surface area contributed by atoms with Crippen LogP contribution in [-0.4, -0.2) is 21.4 Å². The van der Waals surface area contributed by atoms with Crippen LogP contribution in [0.25, 0.3) is 22.4 Å². The minimum atomic E-state index is -0.381. The molecular formula is C16H16N2O3. The number of rotatable bonds is 2. The lowest BCUT2D eigenvalue weighted by atomic mass is 9.86. The van der Waals surface area contributed by atoms with E-state index in [2.05, 4.69) is 10.1 Å². The van der Waals surface area contributed by atoms with Crippen molar-refractivity contribution >= 4 is 11.0 Å². The van der Waals surface area contributed by atoms with Crippen molar-refractivity contribution in [3.05, 3.63) is 36.4 Å². The molecule has 0 amide bonds. The minimum absolute atomic E-state index is 0.0434. The first kappa shape index (κ1) is 12.6. The zero-order valence-electron chi connectivity index (χ0n) is 11.5. The molecule has 1 aromatic carbocycles. The van der Waals surface area contributed by atoms with Gasteiger partial charge in [0, 0.05) is 5.39 Å². The first-order valence-electron chi connectivity index (χ1n) is 7.31. The van der Waals surface area contributed by atoms with E-state index in [-0.39, 0.29) is 12.0 Å². The van der Waals surface area contributed by atoms with Crippen molar-refractivity contribution in [1.82, 2.24) is 10.1 Å². The Morgan fingerprint density at radius 1 is 1.14 bits per heavy atom. The average molecular weight is 284 g/mol. The lowest BCUT2D eigenvalue weighted by molar-refractivity contribution is 0.0908. The van der Waals surface area contributed by atoms with Crippen LogP contribution < -0.4 is 0 Å². The molecule has 2 heterocycles. The molecule has 1 saturated carbocycles. The van der Waals surface area contributed by atoms with Crippen molar-refractivity contribution in [2.24, 2.45) is 0 Å². The molecule has 1 fully saturated rings. The van der Waals surface area contributed by atoms with E-state index in [0.29, 0.717) is 11.7 Å². The van der Waals surface area contributed by atoms with Crippen LogP contribution in [0.2, 0.25) is 0 Å². The number of aromatic nitrogens is 2. The van der Waals surface area contributed by atoms with Gasteiger partial charge >= 0.3 is 0 Å².